The molecule has 0 saturated carbocycles. The van der Waals surface area contributed by atoms with Crippen molar-refractivity contribution >= 4 is 27.0 Å². The Morgan fingerprint density at radius 2 is 1.89 bits per heavy atom. The van der Waals surface area contributed by atoms with Gasteiger partial charge in [0, 0.05) is 16.1 Å². The first-order chi connectivity index (χ1) is 8.89. The summed E-state index contributed by atoms with van der Waals surface area (Å²) in [4.78, 5) is 5.76. The lowest BCUT2D eigenvalue weighted by atomic mass is 10.1. The summed E-state index contributed by atoms with van der Waals surface area (Å²) in [5.41, 5.74) is 2.55. The minimum atomic E-state index is -3.23. The first-order valence-corrected chi connectivity index (χ1v) is 8.64. The monoisotopic (exact) mass is 296 g/mol. The molecule has 0 radical (unpaired) electrons. The normalized spacial score (nSPS) is 11.5. The van der Waals surface area contributed by atoms with Crippen molar-refractivity contribution in [3.05, 3.63) is 34.2 Å². The van der Waals surface area contributed by atoms with Crippen LogP contribution in [0, 0.1) is 6.92 Å². The zero-order valence-corrected chi connectivity index (χ0v) is 12.7. The van der Waals surface area contributed by atoms with Gasteiger partial charge in [-0.1, -0.05) is 19.1 Å². The molecule has 4 nitrogen and oxygen atoms in total. The fourth-order valence-corrected chi connectivity index (χ4v) is 3.24. The van der Waals surface area contributed by atoms with Crippen LogP contribution in [0.15, 0.2) is 24.3 Å². The Morgan fingerprint density at radius 3 is 2.37 bits per heavy atom. The van der Waals surface area contributed by atoms with E-state index >= 15 is 0 Å². The van der Waals surface area contributed by atoms with Gasteiger partial charge >= 0.3 is 0 Å². The van der Waals surface area contributed by atoms with E-state index < -0.39 is 10.0 Å². The van der Waals surface area contributed by atoms with Crippen molar-refractivity contribution in [1.29, 1.82) is 0 Å². The third kappa shape index (κ3) is 3.54. The number of aryl methyl sites for hydroxylation is 2. The van der Waals surface area contributed by atoms with Crippen LogP contribution < -0.4 is 4.72 Å². The average Bonchev–Trinajstić information content (AvgIpc) is 2.70. The molecular weight excluding hydrogens is 280 g/mol. The maximum atomic E-state index is 11.1. The van der Waals surface area contributed by atoms with Crippen LogP contribution in [0.4, 0.5) is 5.69 Å². The molecule has 102 valence electrons. The first-order valence-electron chi connectivity index (χ1n) is 5.93. The summed E-state index contributed by atoms with van der Waals surface area (Å²) in [6.45, 7) is 4.13. The van der Waals surface area contributed by atoms with E-state index in [4.69, 9.17) is 0 Å². The first kappa shape index (κ1) is 14.0. The third-order valence-electron chi connectivity index (χ3n) is 2.60. The molecule has 0 unspecified atom stereocenters. The number of hydrogen-bond acceptors (Lipinski definition) is 4. The van der Waals surface area contributed by atoms with E-state index in [1.54, 1.807) is 23.5 Å². The molecule has 0 saturated heterocycles. The molecule has 0 aliphatic rings. The number of thiazole rings is 1. The number of hydrogen-bond donors (Lipinski definition) is 1. The largest absolute Gasteiger partial charge is 0.284 e. The minimum absolute atomic E-state index is 0.565. The summed E-state index contributed by atoms with van der Waals surface area (Å²) in [6.07, 6.45) is 2.07. The smallest absolute Gasteiger partial charge is 0.229 e. The maximum absolute atomic E-state index is 11.1. The summed E-state index contributed by atoms with van der Waals surface area (Å²) in [5, 5.41) is 1.12. The van der Waals surface area contributed by atoms with Gasteiger partial charge in [0.1, 0.15) is 0 Å². The molecule has 0 aliphatic heterocycles. The van der Waals surface area contributed by atoms with Gasteiger partial charge in [-0.25, -0.2) is 13.4 Å². The molecule has 0 fully saturated rings. The van der Waals surface area contributed by atoms with Gasteiger partial charge in [-0.15, -0.1) is 11.3 Å². The van der Waals surface area contributed by atoms with Crippen LogP contribution in [0.3, 0.4) is 0 Å². The molecule has 19 heavy (non-hydrogen) atoms. The maximum Gasteiger partial charge on any atom is 0.229 e. The van der Waals surface area contributed by atoms with Crippen molar-refractivity contribution in [1.82, 2.24) is 4.98 Å². The van der Waals surface area contributed by atoms with Gasteiger partial charge in [-0.2, -0.15) is 0 Å². The average molecular weight is 296 g/mol. The van der Waals surface area contributed by atoms with E-state index in [0.717, 1.165) is 28.9 Å². The van der Waals surface area contributed by atoms with E-state index in [1.807, 2.05) is 12.1 Å². The lowest BCUT2D eigenvalue weighted by Crippen LogP contribution is -2.09. The molecule has 2 rings (SSSR count). The summed E-state index contributed by atoms with van der Waals surface area (Å²) in [7, 11) is -3.23. The summed E-state index contributed by atoms with van der Waals surface area (Å²) in [6, 6.07) is 7.27. The van der Waals surface area contributed by atoms with E-state index in [2.05, 4.69) is 23.6 Å². The van der Waals surface area contributed by atoms with Gasteiger partial charge < -0.3 is 0 Å². The van der Waals surface area contributed by atoms with Crippen molar-refractivity contribution in [3.8, 4) is 11.3 Å². The second kappa shape index (κ2) is 5.30. The zero-order chi connectivity index (χ0) is 14.0. The number of aromatic nitrogens is 1. The van der Waals surface area contributed by atoms with E-state index in [9.17, 15) is 8.42 Å². The summed E-state index contributed by atoms with van der Waals surface area (Å²) < 4.78 is 24.7. The molecular formula is C13H16N2O2S2. The standard InChI is InChI=1S/C13H16N2O2S2/c1-4-12-14-13(9(2)18-12)10-5-7-11(8-6-10)15-19(3,16)17/h5-8,15H,4H2,1-3H3. The lowest BCUT2D eigenvalue weighted by Gasteiger charge is -2.04. The number of sulfonamides is 1. The predicted octanol–water partition coefficient (Wildman–Crippen LogP) is 3.05. The second-order valence-electron chi connectivity index (χ2n) is 4.32. The predicted molar refractivity (Wildman–Crippen MR) is 80.1 cm³/mol. The van der Waals surface area contributed by atoms with E-state index in [1.165, 1.54) is 4.88 Å². The van der Waals surface area contributed by atoms with Crippen LogP contribution in [0.2, 0.25) is 0 Å². The van der Waals surface area contributed by atoms with Gasteiger partial charge in [0.15, 0.2) is 0 Å². The fraction of sp³-hybridized carbons (Fsp3) is 0.308. The highest BCUT2D eigenvalue weighted by Gasteiger charge is 2.09. The Hall–Kier alpha value is -1.40. The molecule has 0 amide bonds. The SMILES string of the molecule is CCc1nc(-c2ccc(NS(C)(=O)=O)cc2)c(C)s1. The Balaban J connectivity index is 2.29. The molecule has 1 heterocycles. The molecule has 1 aromatic heterocycles. The van der Waals surface area contributed by atoms with E-state index in [0.29, 0.717) is 5.69 Å². The Kier molecular flexibility index (Phi) is 3.91. The van der Waals surface area contributed by atoms with Crippen LogP contribution in [-0.2, 0) is 16.4 Å². The van der Waals surface area contributed by atoms with Gasteiger partial charge in [0.05, 0.1) is 17.0 Å². The number of nitrogens with zero attached hydrogens (tertiary/aromatic N) is 1. The van der Waals surface area contributed by atoms with Crippen molar-refractivity contribution in [2.45, 2.75) is 20.3 Å². The molecule has 1 N–H and O–H groups in total. The van der Waals surface area contributed by atoms with Crippen LogP contribution in [0.5, 0.6) is 0 Å². The van der Waals surface area contributed by atoms with Gasteiger partial charge in [0.2, 0.25) is 10.0 Å². The van der Waals surface area contributed by atoms with Crippen LogP contribution >= 0.6 is 11.3 Å². The summed E-state index contributed by atoms with van der Waals surface area (Å²) >= 11 is 1.70. The number of anilines is 1. The summed E-state index contributed by atoms with van der Waals surface area (Å²) in [5.74, 6) is 0. The Bertz CT molecular complexity index is 673. The van der Waals surface area contributed by atoms with Crippen LogP contribution in [-0.4, -0.2) is 19.7 Å². The molecule has 6 heteroatoms. The number of rotatable bonds is 4. The van der Waals surface area contributed by atoms with Gasteiger partial charge in [-0.05, 0) is 25.5 Å². The highest BCUT2D eigenvalue weighted by atomic mass is 32.2. The highest BCUT2D eigenvalue weighted by molar-refractivity contribution is 7.92. The van der Waals surface area contributed by atoms with Gasteiger partial charge in [0.25, 0.3) is 0 Å². The lowest BCUT2D eigenvalue weighted by molar-refractivity contribution is 0.607. The van der Waals surface area contributed by atoms with Crippen molar-refractivity contribution in [3.63, 3.8) is 0 Å². The third-order valence-corrected chi connectivity index (χ3v) is 4.33. The van der Waals surface area contributed by atoms with Crippen LogP contribution in [0.1, 0.15) is 16.8 Å². The van der Waals surface area contributed by atoms with Crippen molar-refractivity contribution in [2.24, 2.45) is 0 Å². The Labute approximate surface area is 117 Å². The second-order valence-corrected chi connectivity index (χ2v) is 7.35. The van der Waals surface area contributed by atoms with Crippen LogP contribution in [0.25, 0.3) is 11.3 Å². The molecule has 2 aromatic rings. The topological polar surface area (TPSA) is 59.1 Å². The van der Waals surface area contributed by atoms with Crippen molar-refractivity contribution < 1.29 is 8.42 Å². The molecule has 0 atom stereocenters. The minimum Gasteiger partial charge on any atom is -0.284 e. The van der Waals surface area contributed by atoms with Gasteiger partial charge in [-0.3, -0.25) is 4.72 Å². The quantitative estimate of drug-likeness (QED) is 0.943. The number of benzene rings is 1. The molecule has 0 bridgehead atoms. The fourth-order valence-electron chi connectivity index (χ4n) is 1.78. The molecule has 1 aromatic carbocycles. The Morgan fingerprint density at radius 1 is 1.26 bits per heavy atom. The van der Waals surface area contributed by atoms with Crippen molar-refractivity contribution in [2.75, 3.05) is 11.0 Å². The number of nitrogens with one attached hydrogen (secondary N) is 1. The zero-order valence-electron chi connectivity index (χ0n) is 11.1. The molecule has 0 spiro atoms. The molecule has 0 aliphatic carbocycles. The van der Waals surface area contributed by atoms with E-state index in [-0.39, 0.29) is 0 Å². The highest BCUT2D eigenvalue weighted by Crippen LogP contribution is 2.28.